The third-order valence-electron chi connectivity index (χ3n) is 4.97. The Morgan fingerprint density at radius 3 is 2.66 bits per heavy atom. The molecule has 5 nitrogen and oxygen atoms in total. The fourth-order valence-electron chi connectivity index (χ4n) is 3.35. The van der Waals surface area contributed by atoms with Gasteiger partial charge in [0.2, 0.25) is 0 Å². The monoisotopic (exact) mass is 416 g/mol. The molecule has 2 heterocycles. The Morgan fingerprint density at radius 1 is 1.00 bits per heavy atom. The van der Waals surface area contributed by atoms with E-state index in [0.717, 1.165) is 29.7 Å². The van der Waals surface area contributed by atoms with Gasteiger partial charge in [-0.2, -0.15) is 4.57 Å². The molecular formula is C23H33ClN4O. The number of para-hydroxylation sites is 2. The molecule has 1 aromatic carbocycles. The normalized spacial score (nSPS) is 10.8. The lowest BCUT2D eigenvalue weighted by Crippen LogP contribution is -3.00. The summed E-state index contributed by atoms with van der Waals surface area (Å²) in [7, 11) is 0. The van der Waals surface area contributed by atoms with E-state index >= 15 is 0 Å². The number of benzene rings is 1. The number of hydrogen-bond acceptors (Lipinski definition) is 3. The Hall–Kier alpha value is -2.11. The van der Waals surface area contributed by atoms with Crippen molar-refractivity contribution in [3.05, 3.63) is 55.1 Å². The molecule has 3 rings (SSSR count). The molecule has 6 heteroatoms. The Balaban J connectivity index is 0.00000300. The number of unbranched alkanes of at least 4 members (excludes halogenated alkanes) is 6. The molecule has 2 aromatic heterocycles. The van der Waals surface area contributed by atoms with Crippen molar-refractivity contribution in [3.63, 3.8) is 0 Å². The number of fused-ring (bicyclic) bond motifs is 1. The summed E-state index contributed by atoms with van der Waals surface area (Å²) in [6.07, 6.45) is 15.2. The molecule has 0 bridgehead atoms. The number of imidazole rings is 1. The third-order valence-corrected chi connectivity index (χ3v) is 4.97. The van der Waals surface area contributed by atoms with Gasteiger partial charge in [0.15, 0.2) is 12.4 Å². The zero-order valence-corrected chi connectivity index (χ0v) is 18.2. The molecule has 0 atom stereocenters. The molecule has 0 aliphatic heterocycles. The van der Waals surface area contributed by atoms with Gasteiger partial charge in [-0.3, -0.25) is 0 Å². The maximum Gasteiger partial charge on any atom is 0.252 e. The van der Waals surface area contributed by atoms with Crippen molar-refractivity contribution in [1.82, 2.24) is 9.55 Å². The maximum atomic E-state index is 5.83. The van der Waals surface area contributed by atoms with Crippen LogP contribution in [0.15, 0.2) is 55.1 Å². The van der Waals surface area contributed by atoms with E-state index in [9.17, 15) is 0 Å². The first kappa shape index (κ1) is 23.2. The van der Waals surface area contributed by atoms with Crippen LogP contribution in [0.5, 0.6) is 0 Å². The molecule has 29 heavy (non-hydrogen) atoms. The van der Waals surface area contributed by atoms with E-state index in [2.05, 4.69) is 44.7 Å². The average Bonchev–Trinajstić information content (AvgIpc) is 3.14. The molecule has 3 aromatic rings. The highest BCUT2D eigenvalue weighted by Crippen LogP contribution is 2.12. The highest BCUT2D eigenvalue weighted by molar-refractivity contribution is 5.74. The zero-order valence-electron chi connectivity index (χ0n) is 17.4. The highest BCUT2D eigenvalue weighted by atomic mass is 35.5. The number of rotatable bonds is 13. The first-order valence-corrected chi connectivity index (χ1v) is 10.6. The van der Waals surface area contributed by atoms with Gasteiger partial charge in [-0.15, -0.1) is 0 Å². The molecular weight excluding hydrogens is 384 g/mol. The van der Waals surface area contributed by atoms with Gasteiger partial charge in [0.25, 0.3) is 6.73 Å². The van der Waals surface area contributed by atoms with Crippen LogP contribution in [0, 0.1) is 0 Å². The lowest BCUT2D eigenvalue weighted by Gasteiger charge is -2.08. The van der Waals surface area contributed by atoms with Crippen molar-refractivity contribution >= 4 is 16.7 Å². The fraction of sp³-hybridized carbons (Fsp3) is 0.478. The topological polar surface area (TPSA) is 43.0 Å². The van der Waals surface area contributed by atoms with Crippen LogP contribution in [0.3, 0.4) is 0 Å². The van der Waals surface area contributed by atoms with Crippen LogP contribution in [0.1, 0.15) is 51.9 Å². The number of ether oxygens (including phenoxy) is 1. The van der Waals surface area contributed by atoms with E-state index in [-0.39, 0.29) is 12.4 Å². The number of aromatic nitrogens is 3. The van der Waals surface area contributed by atoms with Crippen LogP contribution in [0.25, 0.3) is 11.0 Å². The molecule has 1 N–H and O–H groups in total. The van der Waals surface area contributed by atoms with Crippen molar-refractivity contribution in [3.8, 4) is 0 Å². The highest BCUT2D eigenvalue weighted by Gasteiger charge is 2.04. The van der Waals surface area contributed by atoms with E-state index in [1.165, 1.54) is 38.5 Å². The van der Waals surface area contributed by atoms with Crippen LogP contribution in [0.2, 0.25) is 0 Å². The van der Waals surface area contributed by atoms with E-state index in [4.69, 9.17) is 4.74 Å². The number of nitrogens with one attached hydrogen (secondary N) is 1. The number of pyridine rings is 1. The van der Waals surface area contributed by atoms with E-state index in [1.54, 1.807) is 0 Å². The van der Waals surface area contributed by atoms with Crippen molar-refractivity contribution in [2.75, 3.05) is 11.9 Å². The van der Waals surface area contributed by atoms with Crippen LogP contribution >= 0.6 is 0 Å². The lowest BCUT2D eigenvalue weighted by molar-refractivity contribution is -0.732. The minimum Gasteiger partial charge on any atom is -1.00 e. The SMILES string of the molecule is CCCCCCCCCOC[n+]1cccc(NCn2cnc3ccccc32)c1.[Cl-]. The zero-order chi connectivity index (χ0) is 19.4. The third kappa shape index (κ3) is 7.67. The van der Waals surface area contributed by atoms with Gasteiger partial charge in [-0.25, -0.2) is 4.98 Å². The molecule has 0 amide bonds. The number of anilines is 1. The smallest absolute Gasteiger partial charge is 0.252 e. The summed E-state index contributed by atoms with van der Waals surface area (Å²) in [5, 5.41) is 3.46. The summed E-state index contributed by atoms with van der Waals surface area (Å²) < 4.78 is 10.0. The van der Waals surface area contributed by atoms with Crippen molar-refractivity contribution in [2.24, 2.45) is 0 Å². The lowest BCUT2D eigenvalue weighted by atomic mass is 10.1. The quantitative estimate of drug-likeness (QED) is 0.343. The molecule has 0 aliphatic carbocycles. The minimum atomic E-state index is 0. The van der Waals surface area contributed by atoms with E-state index in [0.29, 0.717) is 13.4 Å². The summed E-state index contributed by atoms with van der Waals surface area (Å²) >= 11 is 0. The summed E-state index contributed by atoms with van der Waals surface area (Å²) in [6, 6.07) is 12.3. The second-order valence-corrected chi connectivity index (χ2v) is 7.30. The summed E-state index contributed by atoms with van der Waals surface area (Å²) in [5.74, 6) is 0. The average molecular weight is 417 g/mol. The summed E-state index contributed by atoms with van der Waals surface area (Å²) in [6.45, 7) is 4.37. The largest absolute Gasteiger partial charge is 1.00 e. The fourth-order valence-corrected chi connectivity index (χ4v) is 3.35. The molecule has 0 fully saturated rings. The van der Waals surface area contributed by atoms with Crippen LogP contribution in [0.4, 0.5) is 5.69 Å². The predicted molar refractivity (Wildman–Crippen MR) is 114 cm³/mol. The van der Waals surface area contributed by atoms with Gasteiger partial charge in [0.1, 0.15) is 5.69 Å². The minimum absolute atomic E-state index is 0. The van der Waals surface area contributed by atoms with Crippen molar-refractivity contribution in [1.29, 1.82) is 0 Å². The first-order chi connectivity index (χ1) is 13.9. The molecule has 0 radical (unpaired) electrons. The number of nitrogens with zero attached hydrogens (tertiary/aromatic N) is 3. The Labute approximate surface area is 180 Å². The standard InChI is InChI=1S/C23H33N4O.ClH/c1-2-3-4-5-6-7-10-16-28-20-26-15-11-12-21(17-26)24-18-27-19-25-22-13-8-9-14-23(22)27;/h8-9,11-15,17,19,24H,2-7,10,16,18,20H2,1H3;1H/q+1;/p-1. The molecule has 158 valence electrons. The van der Waals surface area contributed by atoms with Crippen molar-refractivity contribution in [2.45, 2.75) is 65.3 Å². The first-order valence-electron chi connectivity index (χ1n) is 10.6. The number of hydrogen-bond donors (Lipinski definition) is 1. The second kappa shape index (κ2) is 13.2. The van der Waals surface area contributed by atoms with Crippen LogP contribution < -0.4 is 22.3 Å². The Bertz CT molecular complexity index is 836. The Morgan fingerprint density at radius 2 is 1.79 bits per heavy atom. The van der Waals surface area contributed by atoms with Gasteiger partial charge in [0, 0.05) is 6.07 Å². The predicted octanol–water partition coefficient (Wildman–Crippen LogP) is 2.12. The summed E-state index contributed by atoms with van der Waals surface area (Å²) in [5.41, 5.74) is 3.22. The Kier molecular flexibility index (Phi) is 10.5. The van der Waals surface area contributed by atoms with Gasteiger partial charge in [-0.1, -0.05) is 57.6 Å². The van der Waals surface area contributed by atoms with Crippen LogP contribution in [-0.4, -0.2) is 16.2 Å². The van der Waals surface area contributed by atoms with Crippen molar-refractivity contribution < 1.29 is 21.7 Å². The van der Waals surface area contributed by atoms with Gasteiger partial charge >= 0.3 is 0 Å². The summed E-state index contributed by atoms with van der Waals surface area (Å²) in [4.78, 5) is 4.43. The molecule has 0 saturated heterocycles. The molecule has 0 aliphatic rings. The van der Waals surface area contributed by atoms with Crippen LogP contribution in [-0.2, 0) is 18.1 Å². The molecule has 0 unspecified atom stereocenters. The molecule has 0 saturated carbocycles. The van der Waals surface area contributed by atoms with Gasteiger partial charge in [-0.05, 0) is 24.6 Å². The maximum absolute atomic E-state index is 5.83. The second-order valence-electron chi connectivity index (χ2n) is 7.30. The van der Waals surface area contributed by atoms with Gasteiger partial charge in [0.05, 0.1) is 30.6 Å². The number of halogens is 1. The van der Waals surface area contributed by atoms with E-state index < -0.39 is 0 Å². The van der Waals surface area contributed by atoms with E-state index in [1.807, 2.05) is 36.8 Å². The molecule has 0 spiro atoms. The van der Waals surface area contributed by atoms with Gasteiger partial charge < -0.3 is 27.0 Å².